The first kappa shape index (κ1) is 16.7. The van der Waals surface area contributed by atoms with Gasteiger partial charge in [0.1, 0.15) is 5.60 Å². The molecule has 2 aliphatic rings. The number of alkyl halides is 3. The molecule has 1 saturated carbocycles. The standard InChI is InChI=1S/C14H16F3N3O4/c15-14(16,17)12-19-9(20-24-12)7-18-11(22)8-6-10(21)23-13(8)4-2-1-3-5-13/h8H,1-7H2,(H,18,22). The third-order valence-electron chi connectivity index (χ3n) is 4.47. The smallest absolute Gasteiger partial charge is 0.458 e. The first-order chi connectivity index (χ1) is 11.3. The van der Waals surface area contributed by atoms with Gasteiger partial charge in [-0.1, -0.05) is 11.6 Å². The fraction of sp³-hybridized carbons (Fsp3) is 0.714. The van der Waals surface area contributed by atoms with Crippen molar-refractivity contribution in [2.24, 2.45) is 5.92 Å². The van der Waals surface area contributed by atoms with Crippen molar-refractivity contribution in [1.82, 2.24) is 15.5 Å². The maximum Gasteiger partial charge on any atom is 0.471 e. The molecule has 1 unspecified atom stereocenters. The minimum Gasteiger partial charge on any atom is -0.458 e. The van der Waals surface area contributed by atoms with Crippen LogP contribution in [0.25, 0.3) is 0 Å². The van der Waals surface area contributed by atoms with E-state index in [1.54, 1.807) is 0 Å². The molecule has 2 heterocycles. The van der Waals surface area contributed by atoms with Gasteiger partial charge in [0.25, 0.3) is 0 Å². The molecule has 1 N–H and O–H groups in total. The van der Waals surface area contributed by atoms with E-state index in [9.17, 15) is 22.8 Å². The number of rotatable bonds is 3. The maximum atomic E-state index is 12.4. The Hall–Kier alpha value is -2.13. The van der Waals surface area contributed by atoms with Crippen molar-refractivity contribution in [3.8, 4) is 0 Å². The van der Waals surface area contributed by atoms with Crippen molar-refractivity contribution in [1.29, 1.82) is 0 Å². The van der Waals surface area contributed by atoms with Crippen LogP contribution in [0, 0.1) is 5.92 Å². The highest BCUT2D eigenvalue weighted by atomic mass is 19.4. The highest BCUT2D eigenvalue weighted by Crippen LogP contribution is 2.44. The number of hydrogen-bond donors (Lipinski definition) is 1. The Morgan fingerprint density at radius 3 is 2.62 bits per heavy atom. The first-order valence-electron chi connectivity index (χ1n) is 7.69. The van der Waals surface area contributed by atoms with Gasteiger partial charge in [0, 0.05) is 0 Å². The minimum absolute atomic E-state index is 0.0219. The molecule has 0 radical (unpaired) electrons. The Morgan fingerprint density at radius 1 is 1.29 bits per heavy atom. The second kappa shape index (κ2) is 6.06. The Morgan fingerprint density at radius 2 is 2.00 bits per heavy atom. The normalized spacial score (nSPS) is 23.3. The summed E-state index contributed by atoms with van der Waals surface area (Å²) in [7, 11) is 0. The molecule has 0 bridgehead atoms. The summed E-state index contributed by atoms with van der Waals surface area (Å²) in [5, 5.41) is 5.66. The molecule has 0 aromatic carbocycles. The van der Waals surface area contributed by atoms with Gasteiger partial charge in [0.05, 0.1) is 18.9 Å². The van der Waals surface area contributed by atoms with Crippen molar-refractivity contribution in [2.75, 3.05) is 0 Å². The number of carbonyl (C=O) groups is 2. The fourth-order valence-electron chi connectivity index (χ4n) is 3.35. The fourth-order valence-corrected chi connectivity index (χ4v) is 3.35. The molecular weight excluding hydrogens is 331 g/mol. The van der Waals surface area contributed by atoms with Gasteiger partial charge >= 0.3 is 18.0 Å². The van der Waals surface area contributed by atoms with Crippen LogP contribution in [-0.2, 0) is 27.0 Å². The Balaban J connectivity index is 1.64. The van der Waals surface area contributed by atoms with E-state index < -0.39 is 35.5 Å². The molecule has 1 aromatic rings. The van der Waals surface area contributed by atoms with Gasteiger partial charge in [-0.2, -0.15) is 18.2 Å². The number of carbonyl (C=O) groups excluding carboxylic acids is 2. The lowest BCUT2D eigenvalue weighted by Crippen LogP contribution is -2.45. The second-order valence-electron chi connectivity index (χ2n) is 6.09. The number of nitrogens with zero attached hydrogens (tertiary/aromatic N) is 2. The van der Waals surface area contributed by atoms with Crippen molar-refractivity contribution in [3.63, 3.8) is 0 Å². The Kier molecular flexibility index (Phi) is 4.22. The number of halogens is 3. The largest absolute Gasteiger partial charge is 0.471 e. The zero-order valence-corrected chi connectivity index (χ0v) is 12.7. The van der Waals surface area contributed by atoms with E-state index in [2.05, 4.69) is 20.0 Å². The van der Waals surface area contributed by atoms with Crippen LogP contribution in [0.15, 0.2) is 4.52 Å². The molecule has 1 aliphatic heterocycles. The monoisotopic (exact) mass is 347 g/mol. The molecule has 24 heavy (non-hydrogen) atoms. The third-order valence-corrected chi connectivity index (χ3v) is 4.47. The predicted molar refractivity (Wildman–Crippen MR) is 71.2 cm³/mol. The molecule has 1 amide bonds. The highest BCUT2D eigenvalue weighted by molar-refractivity contribution is 5.87. The summed E-state index contributed by atoms with van der Waals surface area (Å²) in [4.78, 5) is 27.2. The SMILES string of the molecule is O=C1CC(C(=O)NCc2noc(C(F)(F)F)n2)C2(CCCCC2)O1. The van der Waals surface area contributed by atoms with Crippen LogP contribution in [-0.4, -0.2) is 27.6 Å². The molecule has 10 heteroatoms. The number of aromatic nitrogens is 2. The van der Waals surface area contributed by atoms with Crippen LogP contribution < -0.4 is 5.32 Å². The van der Waals surface area contributed by atoms with E-state index >= 15 is 0 Å². The molecule has 3 rings (SSSR count). The van der Waals surface area contributed by atoms with Gasteiger partial charge in [-0.15, -0.1) is 0 Å². The lowest BCUT2D eigenvalue weighted by molar-refractivity contribution is -0.159. The predicted octanol–water partition coefficient (Wildman–Crippen LogP) is 1.97. The summed E-state index contributed by atoms with van der Waals surface area (Å²) in [6.07, 6.45) is -0.738. The van der Waals surface area contributed by atoms with Crippen LogP contribution in [0.2, 0.25) is 0 Å². The van der Waals surface area contributed by atoms with Crippen molar-refractivity contribution >= 4 is 11.9 Å². The van der Waals surface area contributed by atoms with E-state index in [0.717, 1.165) is 19.3 Å². The molecule has 1 aromatic heterocycles. The molecule has 1 atom stereocenters. The van der Waals surface area contributed by atoms with Crippen molar-refractivity contribution in [2.45, 2.75) is 56.8 Å². The van der Waals surface area contributed by atoms with Crippen LogP contribution in [0.1, 0.15) is 50.2 Å². The summed E-state index contributed by atoms with van der Waals surface area (Å²) >= 11 is 0. The summed E-state index contributed by atoms with van der Waals surface area (Å²) in [5.41, 5.74) is -0.784. The molecule has 7 nitrogen and oxygen atoms in total. The molecular formula is C14H16F3N3O4. The molecule has 2 fully saturated rings. The molecule has 132 valence electrons. The van der Waals surface area contributed by atoms with Gasteiger partial charge in [0.15, 0.2) is 5.82 Å². The van der Waals surface area contributed by atoms with Gasteiger partial charge in [-0.3, -0.25) is 9.59 Å². The lowest BCUT2D eigenvalue weighted by atomic mass is 9.75. The third kappa shape index (κ3) is 3.22. The first-order valence-corrected chi connectivity index (χ1v) is 7.69. The van der Waals surface area contributed by atoms with Crippen LogP contribution in [0.4, 0.5) is 13.2 Å². The maximum absolute atomic E-state index is 12.4. The van der Waals surface area contributed by atoms with Crippen LogP contribution in [0.3, 0.4) is 0 Å². The van der Waals surface area contributed by atoms with Gasteiger partial charge < -0.3 is 14.6 Å². The van der Waals surface area contributed by atoms with Gasteiger partial charge in [0.2, 0.25) is 5.91 Å². The summed E-state index contributed by atoms with van der Waals surface area (Å²) in [5.74, 6) is -3.25. The van der Waals surface area contributed by atoms with E-state index in [1.165, 1.54) is 0 Å². The zero-order valence-electron chi connectivity index (χ0n) is 12.7. The van der Waals surface area contributed by atoms with E-state index in [4.69, 9.17) is 4.74 Å². The van der Waals surface area contributed by atoms with Gasteiger partial charge in [-0.05, 0) is 25.7 Å². The van der Waals surface area contributed by atoms with E-state index in [1.807, 2.05) is 0 Å². The molecule has 1 aliphatic carbocycles. The van der Waals surface area contributed by atoms with Crippen molar-refractivity contribution < 1.29 is 32.0 Å². The minimum atomic E-state index is -4.73. The number of hydrogen-bond acceptors (Lipinski definition) is 6. The summed E-state index contributed by atoms with van der Waals surface area (Å²) < 4.78 is 46.7. The number of esters is 1. The zero-order chi connectivity index (χ0) is 17.4. The van der Waals surface area contributed by atoms with Gasteiger partial charge in [-0.25, -0.2) is 0 Å². The number of ether oxygens (including phenoxy) is 1. The number of nitrogens with one attached hydrogen (secondary N) is 1. The lowest BCUT2D eigenvalue weighted by Gasteiger charge is -2.35. The van der Waals surface area contributed by atoms with Crippen molar-refractivity contribution in [3.05, 3.63) is 11.7 Å². The highest BCUT2D eigenvalue weighted by Gasteiger charge is 2.52. The topological polar surface area (TPSA) is 94.3 Å². The average Bonchev–Trinajstić information content (AvgIpc) is 3.11. The Bertz CT molecular complexity index is 637. The van der Waals surface area contributed by atoms with Crippen LogP contribution in [0.5, 0.6) is 0 Å². The average molecular weight is 347 g/mol. The summed E-state index contributed by atoms with van der Waals surface area (Å²) in [6, 6.07) is 0. The molecule has 1 spiro atoms. The second-order valence-corrected chi connectivity index (χ2v) is 6.09. The number of amides is 1. The molecule has 1 saturated heterocycles. The Labute approximate surface area is 134 Å². The summed E-state index contributed by atoms with van der Waals surface area (Å²) in [6.45, 7) is -0.306. The quantitative estimate of drug-likeness (QED) is 0.840. The van der Waals surface area contributed by atoms with E-state index in [-0.39, 0.29) is 18.8 Å². The van der Waals surface area contributed by atoms with Crippen LogP contribution >= 0.6 is 0 Å². The van der Waals surface area contributed by atoms with E-state index in [0.29, 0.717) is 12.8 Å².